The second-order valence-corrected chi connectivity index (χ2v) is 8.31. The molecule has 31 heavy (non-hydrogen) atoms. The van der Waals surface area contributed by atoms with Gasteiger partial charge in [-0.1, -0.05) is 59.2 Å². The van der Waals surface area contributed by atoms with Gasteiger partial charge in [-0.25, -0.2) is 0 Å². The van der Waals surface area contributed by atoms with Crippen molar-refractivity contribution >= 4 is 40.9 Å². The van der Waals surface area contributed by atoms with Crippen molar-refractivity contribution < 1.29 is 4.79 Å². The molecule has 4 rings (SSSR count). The van der Waals surface area contributed by atoms with Gasteiger partial charge in [0.25, 0.3) is 0 Å². The standard InChI is InChI=1S/C22H17Cl2N5OS/c23-17-9-8-15(19(24)11-17)13-26-20(30)14-31-22-28-27-21(16-5-4-10-25-12-16)29(22)18-6-2-1-3-7-18/h1-12H,13-14H2,(H,26,30). The number of rotatable bonds is 7. The van der Waals surface area contributed by atoms with Crippen LogP contribution in [-0.4, -0.2) is 31.4 Å². The summed E-state index contributed by atoms with van der Waals surface area (Å²) in [5, 5.41) is 13.2. The van der Waals surface area contributed by atoms with E-state index in [1.165, 1.54) is 11.8 Å². The van der Waals surface area contributed by atoms with Gasteiger partial charge in [-0.3, -0.25) is 14.3 Å². The first-order valence-electron chi connectivity index (χ1n) is 9.36. The van der Waals surface area contributed by atoms with Gasteiger partial charge < -0.3 is 5.32 Å². The van der Waals surface area contributed by atoms with E-state index in [4.69, 9.17) is 23.2 Å². The molecule has 0 unspecified atom stereocenters. The first-order valence-corrected chi connectivity index (χ1v) is 11.1. The molecule has 0 aliphatic carbocycles. The molecule has 6 nitrogen and oxygen atoms in total. The highest BCUT2D eigenvalue weighted by Crippen LogP contribution is 2.27. The fourth-order valence-corrected chi connectivity index (χ4v) is 4.15. The normalized spacial score (nSPS) is 10.8. The molecule has 0 fully saturated rings. The van der Waals surface area contributed by atoms with Crippen LogP contribution >= 0.6 is 35.0 Å². The van der Waals surface area contributed by atoms with Crippen molar-refractivity contribution in [1.82, 2.24) is 25.1 Å². The van der Waals surface area contributed by atoms with Crippen LogP contribution in [0.4, 0.5) is 0 Å². The van der Waals surface area contributed by atoms with Gasteiger partial charge in [0, 0.05) is 40.2 Å². The van der Waals surface area contributed by atoms with E-state index >= 15 is 0 Å². The van der Waals surface area contributed by atoms with Gasteiger partial charge in [-0.15, -0.1) is 10.2 Å². The number of para-hydroxylation sites is 1. The van der Waals surface area contributed by atoms with Crippen molar-refractivity contribution in [3.05, 3.63) is 88.7 Å². The Balaban J connectivity index is 1.49. The van der Waals surface area contributed by atoms with Crippen molar-refractivity contribution in [1.29, 1.82) is 0 Å². The minimum Gasteiger partial charge on any atom is -0.351 e. The first kappa shape index (κ1) is 21.4. The molecule has 0 aliphatic rings. The maximum atomic E-state index is 12.4. The van der Waals surface area contributed by atoms with Crippen LogP contribution in [0.15, 0.2) is 78.2 Å². The SMILES string of the molecule is O=C(CSc1nnc(-c2cccnc2)n1-c1ccccc1)NCc1ccc(Cl)cc1Cl. The molecule has 4 aromatic rings. The summed E-state index contributed by atoms with van der Waals surface area (Å²) in [6.45, 7) is 0.321. The topological polar surface area (TPSA) is 72.7 Å². The molecular formula is C22H17Cl2N5OS. The molecule has 2 aromatic heterocycles. The molecule has 1 amide bonds. The maximum Gasteiger partial charge on any atom is 0.230 e. The second kappa shape index (κ2) is 9.96. The van der Waals surface area contributed by atoms with E-state index < -0.39 is 0 Å². The monoisotopic (exact) mass is 469 g/mol. The Morgan fingerprint density at radius 3 is 2.61 bits per heavy atom. The lowest BCUT2D eigenvalue weighted by atomic mass is 10.2. The molecular weight excluding hydrogens is 453 g/mol. The number of halogens is 2. The Bertz CT molecular complexity index is 1190. The van der Waals surface area contributed by atoms with Gasteiger partial charge in [0.1, 0.15) is 0 Å². The van der Waals surface area contributed by atoms with E-state index in [2.05, 4.69) is 20.5 Å². The number of thioether (sulfide) groups is 1. The molecule has 156 valence electrons. The fraction of sp³-hybridized carbons (Fsp3) is 0.0909. The number of benzene rings is 2. The molecule has 0 saturated carbocycles. The van der Waals surface area contributed by atoms with E-state index in [0.717, 1.165) is 16.8 Å². The largest absolute Gasteiger partial charge is 0.351 e. The van der Waals surface area contributed by atoms with Gasteiger partial charge in [-0.05, 0) is 42.0 Å². The molecule has 0 radical (unpaired) electrons. The van der Waals surface area contributed by atoms with Crippen LogP contribution in [0, 0.1) is 0 Å². The Labute approximate surface area is 193 Å². The first-order chi connectivity index (χ1) is 15.1. The summed E-state index contributed by atoms with van der Waals surface area (Å²) in [5.41, 5.74) is 2.55. The number of amides is 1. The summed E-state index contributed by atoms with van der Waals surface area (Å²) in [6, 6.07) is 18.7. The molecule has 2 aromatic carbocycles. The zero-order valence-electron chi connectivity index (χ0n) is 16.2. The Morgan fingerprint density at radius 1 is 1.03 bits per heavy atom. The number of pyridine rings is 1. The molecule has 1 N–H and O–H groups in total. The molecule has 0 bridgehead atoms. The summed E-state index contributed by atoms with van der Waals surface area (Å²) < 4.78 is 1.92. The van der Waals surface area contributed by atoms with Gasteiger partial charge in [-0.2, -0.15) is 0 Å². The number of nitrogens with one attached hydrogen (secondary N) is 1. The van der Waals surface area contributed by atoms with Crippen molar-refractivity contribution in [2.24, 2.45) is 0 Å². The predicted molar refractivity (Wildman–Crippen MR) is 124 cm³/mol. The summed E-state index contributed by atoms with van der Waals surface area (Å²) in [5.74, 6) is 0.708. The van der Waals surface area contributed by atoms with Gasteiger partial charge in [0.2, 0.25) is 5.91 Å². The summed E-state index contributed by atoms with van der Waals surface area (Å²) in [7, 11) is 0. The molecule has 0 saturated heterocycles. The lowest BCUT2D eigenvalue weighted by Gasteiger charge is -2.10. The highest BCUT2D eigenvalue weighted by atomic mass is 35.5. The lowest BCUT2D eigenvalue weighted by Crippen LogP contribution is -2.24. The fourth-order valence-electron chi connectivity index (χ4n) is 2.90. The number of carbonyl (C=O) groups is 1. The molecule has 0 aliphatic heterocycles. The molecule has 0 atom stereocenters. The summed E-state index contributed by atoms with van der Waals surface area (Å²) in [4.78, 5) is 16.6. The van der Waals surface area contributed by atoms with Crippen molar-refractivity contribution in [3.8, 4) is 17.1 Å². The third kappa shape index (κ3) is 5.25. The number of hydrogen-bond acceptors (Lipinski definition) is 5. The Morgan fingerprint density at radius 2 is 1.87 bits per heavy atom. The number of aromatic nitrogens is 4. The molecule has 0 spiro atoms. The van der Waals surface area contributed by atoms with Crippen molar-refractivity contribution in [2.75, 3.05) is 5.75 Å². The van der Waals surface area contributed by atoms with Crippen LogP contribution in [0.2, 0.25) is 10.0 Å². The zero-order chi connectivity index (χ0) is 21.6. The van der Waals surface area contributed by atoms with Crippen LogP contribution in [-0.2, 0) is 11.3 Å². The van der Waals surface area contributed by atoms with Crippen molar-refractivity contribution in [2.45, 2.75) is 11.7 Å². The average molecular weight is 470 g/mol. The lowest BCUT2D eigenvalue weighted by molar-refractivity contribution is -0.118. The van der Waals surface area contributed by atoms with Gasteiger partial charge >= 0.3 is 0 Å². The summed E-state index contributed by atoms with van der Waals surface area (Å²) >= 11 is 13.4. The van der Waals surface area contributed by atoms with E-state index in [-0.39, 0.29) is 11.7 Å². The third-order valence-electron chi connectivity index (χ3n) is 4.39. The quantitative estimate of drug-likeness (QED) is 0.383. The molecule has 9 heteroatoms. The van der Waals surface area contributed by atoms with Gasteiger partial charge in [0.05, 0.1) is 5.75 Å². The number of hydrogen-bond donors (Lipinski definition) is 1. The summed E-state index contributed by atoms with van der Waals surface area (Å²) in [6.07, 6.45) is 3.44. The third-order valence-corrected chi connectivity index (χ3v) is 5.91. The smallest absolute Gasteiger partial charge is 0.230 e. The maximum absolute atomic E-state index is 12.4. The highest BCUT2D eigenvalue weighted by Gasteiger charge is 2.17. The highest BCUT2D eigenvalue weighted by molar-refractivity contribution is 7.99. The van der Waals surface area contributed by atoms with Crippen LogP contribution < -0.4 is 5.32 Å². The Hall–Kier alpha value is -2.87. The predicted octanol–water partition coefficient (Wildman–Crippen LogP) is 5.04. The van der Waals surface area contributed by atoms with E-state index in [1.54, 1.807) is 30.6 Å². The van der Waals surface area contributed by atoms with Crippen LogP contribution in [0.25, 0.3) is 17.1 Å². The van der Waals surface area contributed by atoms with Crippen LogP contribution in [0.5, 0.6) is 0 Å². The second-order valence-electron chi connectivity index (χ2n) is 6.52. The Kier molecular flexibility index (Phi) is 6.86. The van der Waals surface area contributed by atoms with E-state index in [0.29, 0.717) is 27.6 Å². The van der Waals surface area contributed by atoms with E-state index in [1.807, 2.05) is 47.0 Å². The van der Waals surface area contributed by atoms with E-state index in [9.17, 15) is 4.79 Å². The number of nitrogens with zero attached hydrogens (tertiary/aromatic N) is 4. The average Bonchev–Trinajstić information content (AvgIpc) is 3.22. The number of carbonyl (C=O) groups excluding carboxylic acids is 1. The minimum atomic E-state index is -0.137. The zero-order valence-corrected chi connectivity index (χ0v) is 18.5. The van der Waals surface area contributed by atoms with Crippen LogP contribution in [0.1, 0.15) is 5.56 Å². The minimum absolute atomic E-state index is 0.137. The van der Waals surface area contributed by atoms with Gasteiger partial charge in [0.15, 0.2) is 11.0 Å². The van der Waals surface area contributed by atoms with Crippen LogP contribution in [0.3, 0.4) is 0 Å². The van der Waals surface area contributed by atoms with Crippen molar-refractivity contribution in [3.63, 3.8) is 0 Å². The molecule has 2 heterocycles.